The maximum atomic E-state index is 11.8. The summed E-state index contributed by atoms with van der Waals surface area (Å²) in [6, 6.07) is 9.69. The van der Waals surface area contributed by atoms with E-state index in [-0.39, 0.29) is 24.7 Å². The first-order valence-corrected chi connectivity index (χ1v) is 9.41. The fourth-order valence-corrected chi connectivity index (χ4v) is 2.72. The average molecular weight is 415 g/mol. The number of non-ortho nitro benzene ring substituents is 1. The third-order valence-electron chi connectivity index (χ3n) is 4.26. The second kappa shape index (κ2) is 10.8. The van der Waals surface area contributed by atoms with Crippen LogP contribution in [0.4, 0.5) is 5.69 Å². The van der Waals surface area contributed by atoms with Gasteiger partial charge in [-0.05, 0) is 25.0 Å². The lowest BCUT2D eigenvalue weighted by Crippen LogP contribution is -2.26. The Labute approximate surface area is 175 Å². The number of ether oxygens (including phenoxy) is 4. The molecule has 1 unspecified atom stereocenters. The number of benzene rings is 2. The van der Waals surface area contributed by atoms with Gasteiger partial charge in [-0.1, -0.05) is 37.8 Å². The Balaban J connectivity index is 2.32. The Morgan fingerprint density at radius 2 is 1.93 bits per heavy atom. The predicted molar refractivity (Wildman–Crippen MR) is 111 cm³/mol. The number of carbonyl (C=O) groups is 1. The lowest BCUT2D eigenvalue weighted by molar-refractivity contribution is -0.385. The molecule has 0 saturated carbocycles. The van der Waals surface area contributed by atoms with E-state index in [0.717, 1.165) is 5.56 Å². The summed E-state index contributed by atoms with van der Waals surface area (Å²) in [4.78, 5) is 22.4. The number of esters is 1. The Morgan fingerprint density at radius 3 is 2.57 bits per heavy atom. The summed E-state index contributed by atoms with van der Waals surface area (Å²) in [7, 11) is 1.30. The molecule has 8 heteroatoms. The molecule has 0 N–H and O–H groups in total. The van der Waals surface area contributed by atoms with E-state index in [1.165, 1.54) is 25.3 Å². The third-order valence-corrected chi connectivity index (χ3v) is 4.26. The van der Waals surface area contributed by atoms with Crippen molar-refractivity contribution in [3.05, 3.63) is 70.3 Å². The number of carbonyl (C=O) groups excluding carboxylic acids is 1. The molecule has 8 nitrogen and oxygen atoms in total. The number of nitro groups is 1. The van der Waals surface area contributed by atoms with Crippen molar-refractivity contribution in [1.29, 1.82) is 0 Å². The van der Waals surface area contributed by atoms with E-state index >= 15 is 0 Å². The van der Waals surface area contributed by atoms with Crippen LogP contribution in [-0.4, -0.2) is 30.7 Å². The lowest BCUT2D eigenvalue weighted by atomic mass is 10.1. The minimum absolute atomic E-state index is 0.0582. The van der Waals surface area contributed by atoms with Crippen molar-refractivity contribution in [2.45, 2.75) is 33.0 Å². The van der Waals surface area contributed by atoms with Gasteiger partial charge in [-0.2, -0.15) is 0 Å². The van der Waals surface area contributed by atoms with Gasteiger partial charge in [-0.3, -0.25) is 10.1 Å². The molecule has 0 bridgehead atoms. The molecule has 0 aliphatic rings. The molecule has 2 aromatic rings. The van der Waals surface area contributed by atoms with Crippen molar-refractivity contribution in [3.63, 3.8) is 0 Å². The van der Waals surface area contributed by atoms with E-state index in [2.05, 4.69) is 6.58 Å². The van der Waals surface area contributed by atoms with Crippen LogP contribution in [0.1, 0.15) is 25.0 Å². The topological polar surface area (TPSA) is 97.1 Å². The van der Waals surface area contributed by atoms with Crippen LogP contribution in [0, 0.1) is 10.1 Å². The van der Waals surface area contributed by atoms with Crippen LogP contribution in [-0.2, 0) is 22.6 Å². The van der Waals surface area contributed by atoms with Crippen molar-refractivity contribution in [2.75, 3.05) is 13.7 Å². The van der Waals surface area contributed by atoms with Crippen LogP contribution in [0.15, 0.2) is 49.1 Å². The molecule has 0 aromatic heterocycles. The summed E-state index contributed by atoms with van der Waals surface area (Å²) in [5.74, 6) is 0.612. The zero-order valence-corrected chi connectivity index (χ0v) is 17.3. The van der Waals surface area contributed by atoms with Gasteiger partial charge in [0, 0.05) is 11.6 Å². The number of methoxy groups -OCH3 is 1. The fourth-order valence-electron chi connectivity index (χ4n) is 2.72. The summed E-state index contributed by atoms with van der Waals surface area (Å²) in [5, 5.41) is 11.1. The summed E-state index contributed by atoms with van der Waals surface area (Å²) >= 11 is 0. The van der Waals surface area contributed by atoms with E-state index in [4.69, 9.17) is 18.9 Å². The normalized spacial score (nSPS) is 11.3. The summed E-state index contributed by atoms with van der Waals surface area (Å²) in [5.41, 5.74) is 1.47. The highest BCUT2D eigenvalue weighted by atomic mass is 16.6. The highest BCUT2D eigenvalue weighted by Crippen LogP contribution is 2.34. The van der Waals surface area contributed by atoms with Gasteiger partial charge < -0.3 is 18.9 Å². The Morgan fingerprint density at radius 1 is 1.20 bits per heavy atom. The SMILES string of the molecule is C=CCOc1ccc([N+](=O)[O-])cc1OCc1cccc(CC)c1OC(C)C(=O)OC. The van der Waals surface area contributed by atoms with E-state index in [0.29, 0.717) is 23.5 Å². The molecule has 0 heterocycles. The van der Waals surface area contributed by atoms with Crippen molar-refractivity contribution in [2.24, 2.45) is 0 Å². The van der Waals surface area contributed by atoms with Gasteiger partial charge in [-0.25, -0.2) is 4.79 Å². The Kier molecular flexibility index (Phi) is 8.22. The average Bonchev–Trinajstić information content (AvgIpc) is 2.76. The van der Waals surface area contributed by atoms with Crippen LogP contribution in [0.5, 0.6) is 17.2 Å². The minimum atomic E-state index is -0.800. The van der Waals surface area contributed by atoms with E-state index in [1.807, 2.05) is 19.1 Å². The van der Waals surface area contributed by atoms with Crippen molar-refractivity contribution >= 4 is 11.7 Å². The zero-order chi connectivity index (χ0) is 22.1. The Hall–Kier alpha value is -3.55. The largest absolute Gasteiger partial charge is 0.486 e. The van der Waals surface area contributed by atoms with Gasteiger partial charge in [0.15, 0.2) is 17.6 Å². The third kappa shape index (κ3) is 5.73. The molecule has 30 heavy (non-hydrogen) atoms. The molecule has 160 valence electrons. The van der Waals surface area contributed by atoms with Gasteiger partial charge in [-0.15, -0.1) is 0 Å². The van der Waals surface area contributed by atoms with Crippen molar-refractivity contribution in [3.8, 4) is 17.2 Å². The molecule has 0 aliphatic heterocycles. The first-order chi connectivity index (χ1) is 14.4. The number of aryl methyl sites for hydroxylation is 1. The van der Waals surface area contributed by atoms with Crippen LogP contribution in [0.2, 0.25) is 0 Å². The van der Waals surface area contributed by atoms with Gasteiger partial charge in [0.2, 0.25) is 0 Å². The summed E-state index contributed by atoms with van der Waals surface area (Å²) < 4.78 is 22.0. The second-order valence-corrected chi connectivity index (χ2v) is 6.32. The molecule has 0 amide bonds. The minimum Gasteiger partial charge on any atom is -0.486 e. The molecular formula is C22H25NO7. The van der Waals surface area contributed by atoms with Crippen LogP contribution < -0.4 is 14.2 Å². The fraction of sp³-hybridized carbons (Fsp3) is 0.318. The second-order valence-electron chi connectivity index (χ2n) is 6.32. The zero-order valence-electron chi connectivity index (χ0n) is 17.3. The summed E-state index contributed by atoms with van der Waals surface area (Å²) in [6.45, 7) is 7.45. The summed E-state index contributed by atoms with van der Waals surface area (Å²) in [6.07, 6.45) is 1.45. The smallest absolute Gasteiger partial charge is 0.346 e. The van der Waals surface area contributed by atoms with Crippen LogP contribution >= 0.6 is 0 Å². The standard InChI is InChI=1S/C22H25NO7/c1-5-12-28-19-11-10-18(23(25)26)13-20(19)29-14-17-9-7-8-16(6-2)21(17)30-15(3)22(24)27-4/h5,7-11,13,15H,1,6,12,14H2,2-4H3. The van der Waals surface area contributed by atoms with Gasteiger partial charge >= 0.3 is 5.97 Å². The molecular weight excluding hydrogens is 390 g/mol. The van der Waals surface area contributed by atoms with Gasteiger partial charge in [0.25, 0.3) is 5.69 Å². The number of nitrogens with zero attached hydrogens (tertiary/aromatic N) is 1. The highest BCUT2D eigenvalue weighted by Gasteiger charge is 2.20. The maximum absolute atomic E-state index is 11.8. The number of nitro benzene ring substituents is 1. The monoisotopic (exact) mass is 415 g/mol. The van der Waals surface area contributed by atoms with Crippen LogP contribution in [0.25, 0.3) is 0 Å². The van der Waals surface area contributed by atoms with E-state index < -0.39 is 17.0 Å². The van der Waals surface area contributed by atoms with E-state index in [1.54, 1.807) is 19.1 Å². The number of para-hydroxylation sites is 1. The lowest BCUT2D eigenvalue weighted by Gasteiger charge is -2.19. The Bertz CT molecular complexity index is 910. The highest BCUT2D eigenvalue weighted by molar-refractivity contribution is 5.74. The number of rotatable bonds is 11. The molecule has 2 aromatic carbocycles. The maximum Gasteiger partial charge on any atom is 0.346 e. The van der Waals surface area contributed by atoms with Crippen molar-refractivity contribution < 1.29 is 28.7 Å². The first-order valence-electron chi connectivity index (χ1n) is 9.41. The van der Waals surface area contributed by atoms with Gasteiger partial charge in [0.1, 0.15) is 19.0 Å². The molecule has 0 radical (unpaired) electrons. The quantitative estimate of drug-likeness (QED) is 0.234. The molecule has 0 aliphatic carbocycles. The van der Waals surface area contributed by atoms with Crippen molar-refractivity contribution in [1.82, 2.24) is 0 Å². The van der Waals surface area contributed by atoms with Gasteiger partial charge in [0.05, 0.1) is 18.1 Å². The first kappa shape index (κ1) is 22.7. The molecule has 2 rings (SSSR count). The van der Waals surface area contributed by atoms with Crippen LogP contribution in [0.3, 0.4) is 0 Å². The molecule has 0 spiro atoms. The predicted octanol–water partition coefficient (Wildman–Crippen LogP) is 4.24. The molecule has 0 fully saturated rings. The molecule has 0 saturated heterocycles. The number of hydrogen-bond acceptors (Lipinski definition) is 7. The number of hydrogen-bond donors (Lipinski definition) is 0. The van der Waals surface area contributed by atoms with E-state index in [9.17, 15) is 14.9 Å². The molecule has 1 atom stereocenters.